The molecule has 0 aromatic heterocycles. The zero-order valence-corrected chi connectivity index (χ0v) is 28.2. The van der Waals surface area contributed by atoms with Gasteiger partial charge in [0.15, 0.2) is 0 Å². The minimum absolute atomic E-state index is 0.0469. The van der Waals surface area contributed by atoms with E-state index in [1.807, 2.05) is 30.3 Å². The minimum Gasteiger partial charge on any atom is -0.368 e. The molecular formula is C37H44FN4O6P. The fourth-order valence-corrected chi connectivity index (χ4v) is 7.50. The van der Waals surface area contributed by atoms with Crippen LogP contribution >= 0.6 is 7.37 Å². The lowest BCUT2D eigenvalue weighted by molar-refractivity contribution is -0.131. The van der Waals surface area contributed by atoms with Crippen molar-refractivity contribution in [1.82, 2.24) is 16.0 Å². The molecule has 4 amide bonds. The van der Waals surface area contributed by atoms with Crippen LogP contribution in [0.5, 0.6) is 0 Å². The number of carbonyl (C=O) groups is 4. The number of hydrogen-bond donors (Lipinski definition) is 5. The maximum Gasteiger partial charge on any atom is 0.252 e. The zero-order valence-electron chi connectivity index (χ0n) is 27.3. The molecule has 4 atom stereocenters. The van der Waals surface area contributed by atoms with Crippen LogP contribution in [0.15, 0.2) is 91.0 Å². The van der Waals surface area contributed by atoms with Crippen LogP contribution in [0.25, 0.3) is 6.08 Å². The second-order valence-corrected chi connectivity index (χ2v) is 14.9. The summed E-state index contributed by atoms with van der Waals surface area (Å²) in [5, 5.41) is 7.84. The molecule has 6 N–H and O–H groups in total. The standard InChI is InChI=1S/C37H44FN4O6P/c38-30-20-11-19-29(24-30)36(45)42-34(23-28-16-8-3-9-17-28)49(47,48)25-33(43)40-32(22-27-14-6-2-7-15-27)37(46)41-31(35(39)44)21-10-18-26-12-4-1-5-13-26/h1,3-5,8-13,16-20,24,27,31-32,34H,2,6-7,14-15,21-23,25H2,(H2,39,44)(H,40,43)(H,41,46)(H,42,45)(H,47,48)/b18-10+/t31-,32?,34?/m0/s1. The van der Waals surface area contributed by atoms with Crippen molar-refractivity contribution >= 4 is 37.1 Å². The van der Waals surface area contributed by atoms with Gasteiger partial charge < -0.3 is 26.6 Å². The molecule has 0 spiro atoms. The Hall–Kier alpha value is -4.60. The Bertz CT molecular complexity index is 1650. The van der Waals surface area contributed by atoms with E-state index in [2.05, 4.69) is 16.0 Å². The molecule has 0 saturated heterocycles. The Labute approximate surface area is 286 Å². The highest BCUT2D eigenvalue weighted by atomic mass is 31.2. The van der Waals surface area contributed by atoms with Crippen molar-refractivity contribution < 1.29 is 33.0 Å². The third-order valence-electron chi connectivity index (χ3n) is 8.60. The summed E-state index contributed by atoms with van der Waals surface area (Å²) in [6.45, 7) is 0. The average Bonchev–Trinajstić information content (AvgIpc) is 3.08. The monoisotopic (exact) mass is 690 g/mol. The lowest BCUT2D eigenvalue weighted by Crippen LogP contribution is -2.54. The van der Waals surface area contributed by atoms with Crippen molar-refractivity contribution in [2.24, 2.45) is 11.7 Å². The third kappa shape index (κ3) is 12.1. The van der Waals surface area contributed by atoms with E-state index in [4.69, 9.17) is 5.73 Å². The van der Waals surface area contributed by atoms with Crippen molar-refractivity contribution in [3.63, 3.8) is 0 Å². The molecular weight excluding hydrogens is 646 g/mol. The molecule has 3 aromatic carbocycles. The lowest BCUT2D eigenvalue weighted by Gasteiger charge is -2.28. The Morgan fingerprint density at radius 3 is 2.20 bits per heavy atom. The maximum absolute atomic E-state index is 13.8. The van der Waals surface area contributed by atoms with Gasteiger partial charge in [-0.2, -0.15) is 0 Å². The fourth-order valence-electron chi connectivity index (χ4n) is 5.96. The predicted octanol–water partition coefficient (Wildman–Crippen LogP) is 4.92. The molecule has 4 rings (SSSR count). The first-order chi connectivity index (χ1) is 23.5. The van der Waals surface area contributed by atoms with Gasteiger partial charge in [0.25, 0.3) is 5.91 Å². The number of carbonyl (C=O) groups excluding carboxylic acids is 4. The van der Waals surface area contributed by atoms with Crippen LogP contribution in [-0.4, -0.2) is 52.6 Å². The van der Waals surface area contributed by atoms with Gasteiger partial charge in [0.05, 0.1) is 0 Å². The quantitative estimate of drug-likeness (QED) is 0.134. The van der Waals surface area contributed by atoms with Gasteiger partial charge in [-0.25, -0.2) is 4.39 Å². The molecule has 1 fully saturated rings. The first kappa shape index (κ1) is 37.2. The van der Waals surface area contributed by atoms with Crippen molar-refractivity contribution in [3.8, 4) is 0 Å². The summed E-state index contributed by atoms with van der Waals surface area (Å²) in [4.78, 5) is 63.6. The van der Waals surface area contributed by atoms with Gasteiger partial charge in [0.1, 0.15) is 29.8 Å². The summed E-state index contributed by atoms with van der Waals surface area (Å²) in [6, 6.07) is 20.9. The molecule has 260 valence electrons. The molecule has 0 radical (unpaired) electrons. The highest BCUT2D eigenvalue weighted by molar-refractivity contribution is 7.59. The Morgan fingerprint density at radius 2 is 1.55 bits per heavy atom. The fraction of sp³-hybridized carbons (Fsp3) is 0.351. The Balaban J connectivity index is 1.49. The predicted molar refractivity (Wildman–Crippen MR) is 187 cm³/mol. The van der Waals surface area contributed by atoms with E-state index >= 15 is 0 Å². The van der Waals surface area contributed by atoms with Crippen molar-refractivity contribution in [1.29, 1.82) is 0 Å². The van der Waals surface area contributed by atoms with E-state index in [0.29, 0.717) is 5.56 Å². The van der Waals surface area contributed by atoms with Crippen LogP contribution in [0, 0.1) is 11.7 Å². The number of amides is 4. The van der Waals surface area contributed by atoms with E-state index < -0.39 is 60.8 Å². The SMILES string of the molecule is NC(=O)[C@H](C/C=C/c1ccccc1)NC(=O)C(CC1CCCCC1)NC(=O)CP(=O)(O)C(Cc1ccccc1)NC(=O)c1cccc(F)c1. The van der Waals surface area contributed by atoms with Gasteiger partial charge in [0.2, 0.25) is 25.1 Å². The summed E-state index contributed by atoms with van der Waals surface area (Å²) >= 11 is 0. The van der Waals surface area contributed by atoms with Crippen LogP contribution in [0.3, 0.4) is 0 Å². The Morgan fingerprint density at radius 1 is 0.878 bits per heavy atom. The van der Waals surface area contributed by atoms with Crippen molar-refractivity contribution in [3.05, 3.63) is 114 Å². The van der Waals surface area contributed by atoms with Gasteiger partial charge in [-0.3, -0.25) is 23.7 Å². The topological polar surface area (TPSA) is 168 Å². The number of benzene rings is 3. The number of rotatable bonds is 16. The summed E-state index contributed by atoms with van der Waals surface area (Å²) in [5.41, 5.74) is 7.12. The molecule has 3 unspecified atom stereocenters. The number of hydrogen-bond acceptors (Lipinski definition) is 5. The summed E-state index contributed by atoms with van der Waals surface area (Å²) in [6.07, 6.45) is 7.75. The molecule has 3 aromatic rings. The van der Waals surface area contributed by atoms with E-state index in [1.165, 1.54) is 18.2 Å². The molecule has 1 aliphatic rings. The smallest absolute Gasteiger partial charge is 0.252 e. The van der Waals surface area contributed by atoms with E-state index in [9.17, 15) is 33.0 Å². The van der Waals surface area contributed by atoms with Gasteiger partial charge in [-0.05, 0) is 48.1 Å². The van der Waals surface area contributed by atoms with Crippen LogP contribution in [0.1, 0.15) is 66.4 Å². The van der Waals surface area contributed by atoms with Gasteiger partial charge in [-0.15, -0.1) is 0 Å². The number of nitrogens with two attached hydrogens (primary N) is 1. The summed E-state index contributed by atoms with van der Waals surface area (Å²) < 4.78 is 27.7. The normalized spacial score (nSPS) is 16.5. The summed E-state index contributed by atoms with van der Waals surface area (Å²) in [5.74, 6) is -4.91. The van der Waals surface area contributed by atoms with Crippen molar-refractivity contribution in [2.75, 3.05) is 6.16 Å². The minimum atomic E-state index is -4.48. The number of halogens is 1. The zero-order chi connectivity index (χ0) is 35.2. The van der Waals surface area contributed by atoms with Crippen LogP contribution in [0.4, 0.5) is 4.39 Å². The summed E-state index contributed by atoms with van der Waals surface area (Å²) in [7, 11) is -4.48. The van der Waals surface area contributed by atoms with Crippen LogP contribution in [0.2, 0.25) is 0 Å². The molecule has 0 bridgehead atoms. The van der Waals surface area contributed by atoms with E-state index in [1.54, 1.807) is 42.5 Å². The first-order valence-electron chi connectivity index (χ1n) is 16.5. The molecule has 10 nitrogen and oxygen atoms in total. The molecule has 49 heavy (non-hydrogen) atoms. The highest BCUT2D eigenvalue weighted by Gasteiger charge is 2.37. The molecule has 1 saturated carbocycles. The van der Waals surface area contributed by atoms with Gasteiger partial charge in [0, 0.05) is 12.0 Å². The lowest BCUT2D eigenvalue weighted by atomic mass is 9.84. The molecule has 12 heteroatoms. The van der Waals surface area contributed by atoms with E-state index in [0.717, 1.165) is 43.7 Å². The molecule has 0 aliphatic heterocycles. The van der Waals surface area contributed by atoms with Crippen molar-refractivity contribution in [2.45, 2.75) is 69.2 Å². The Kier molecular flexibility index (Phi) is 13.9. The number of nitrogens with one attached hydrogen (secondary N) is 3. The highest BCUT2D eigenvalue weighted by Crippen LogP contribution is 2.46. The number of primary amides is 1. The van der Waals surface area contributed by atoms with Crippen LogP contribution in [-0.2, 0) is 25.4 Å². The maximum atomic E-state index is 13.8. The van der Waals surface area contributed by atoms with Gasteiger partial charge >= 0.3 is 0 Å². The van der Waals surface area contributed by atoms with Gasteiger partial charge in [-0.1, -0.05) is 111 Å². The third-order valence-corrected chi connectivity index (χ3v) is 10.6. The van der Waals surface area contributed by atoms with Crippen LogP contribution < -0.4 is 21.7 Å². The molecule has 0 heterocycles. The van der Waals surface area contributed by atoms with E-state index in [-0.39, 0.29) is 30.7 Å². The second kappa shape index (κ2) is 18.2. The second-order valence-electron chi connectivity index (χ2n) is 12.5. The molecule has 1 aliphatic carbocycles. The largest absolute Gasteiger partial charge is 0.368 e. The first-order valence-corrected chi connectivity index (χ1v) is 18.4. The average molecular weight is 691 g/mol.